The Balaban J connectivity index is 1.83. The third-order valence-corrected chi connectivity index (χ3v) is 2.75. The van der Waals surface area contributed by atoms with E-state index in [2.05, 4.69) is 5.32 Å². The van der Waals surface area contributed by atoms with Crippen LogP contribution in [0.5, 0.6) is 0 Å². The van der Waals surface area contributed by atoms with Gasteiger partial charge in [-0.1, -0.05) is 18.2 Å². The molecule has 1 aliphatic rings. The fourth-order valence-electron chi connectivity index (χ4n) is 1.70. The summed E-state index contributed by atoms with van der Waals surface area (Å²) in [5.41, 5.74) is 7.77. The van der Waals surface area contributed by atoms with Crippen LogP contribution >= 0.6 is 0 Å². The van der Waals surface area contributed by atoms with Crippen molar-refractivity contribution in [2.45, 2.75) is 31.5 Å². The second-order valence-corrected chi connectivity index (χ2v) is 3.90. The lowest BCUT2D eigenvalue weighted by molar-refractivity contribution is 0.0619. The molecule has 3 nitrogen and oxygen atoms in total. The lowest BCUT2D eigenvalue weighted by Gasteiger charge is -2.32. The van der Waals surface area contributed by atoms with Gasteiger partial charge in [-0.05, 0) is 24.5 Å². The van der Waals surface area contributed by atoms with Gasteiger partial charge in [-0.15, -0.1) is 0 Å². The van der Waals surface area contributed by atoms with Gasteiger partial charge in [0.15, 0.2) is 0 Å². The summed E-state index contributed by atoms with van der Waals surface area (Å²) in [6.07, 6.45) is 1.64. The van der Waals surface area contributed by atoms with Crippen molar-refractivity contribution in [3.63, 3.8) is 0 Å². The minimum Gasteiger partial charge on any atom is -0.398 e. The molecular weight excluding hydrogens is 176 g/mol. The number of para-hydroxylation sites is 1. The summed E-state index contributed by atoms with van der Waals surface area (Å²) in [4.78, 5) is 0. The molecule has 1 fully saturated rings. The van der Waals surface area contributed by atoms with Crippen molar-refractivity contribution >= 4 is 5.69 Å². The molecule has 1 aliphatic carbocycles. The minimum atomic E-state index is -0.0966. The summed E-state index contributed by atoms with van der Waals surface area (Å²) < 4.78 is 0. The Hall–Kier alpha value is -1.06. The number of aliphatic hydroxyl groups is 1. The number of benzene rings is 1. The van der Waals surface area contributed by atoms with Crippen LogP contribution in [0, 0.1) is 0 Å². The van der Waals surface area contributed by atoms with Crippen molar-refractivity contribution < 1.29 is 5.11 Å². The molecule has 3 heteroatoms. The molecule has 0 unspecified atom stereocenters. The summed E-state index contributed by atoms with van der Waals surface area (Å²) in [6.45, 7) is 0.796. The Morgan fingerprint density at radius 1 is 1.36 bits per heavy atom. The molecule has 0 aliphatic heterocycles. The maximum atomic E-state index is 9.11. The average molecular weight is 192 g/mol. The van der Waals surface area contributed by atoms with E-state index in [-0.39, 0.29) is 6.10 Å². The standard InChI is InChI=1S/C11H16N2O/c12-11-4-2-1-3-8(11)7-13-9-5-10(14)6-9/h1-4,9-10,13-14H,5-7,12H2. The molecule has 0 saturated heterocycles. The largest absolute Gasteiger partial charge is 0.398 e. The van der Waals surface area contributed by atoms with E-state index in [0.29, 0.717) is 6.04 Å². The number of nitrogens with one attached hydrogen (secondary N) is 1. The first-order valence-corrected chi connectivity index (χ1v) is 5.00. The van der Waals surface area contributed by atoms with Crippen LogP contribution in [0.4, 0.5) is 5.69 Å². The highest BCUT2D eigenvalue weighted by atomic mass is 16.3. The number of hydrogen-bond donors (Lipinski definition) is 3. The Bertz CT molecular complexity index is 308. The van der Waals surface area contributed by atoms with Crippen molar-refractivity contribution in [1.29, 1.82) is 0 Å². The predicted octanol–water partition coefficient (Wildman–Crippen LogP) is 0.882. The third-order valence-electron chi connectivity index (χ3n) is 2.75. The highest BCUT2D eigenvalue weighted by Crippen LogP contribution is 2.20. The van der Waals surface area contributed by atoms with Gasteiger partial charge in [0.05, 0.1) is 6.10 Å². The molecule has 2 rings (SSSR count). The molecule has 76 valence electrons. The average Bonchev–Trinajstić information content (AvgIpc) is 2.13. The van der Waals surface area contributed by atoms with Gasteiger partial charge >= 0.3 is 0 Å². The van der Waals surface area contributed by atoms with E-state index in [1.807, 2.05) is 24.3 Å². The first kappa shape index (κ1) is 9.49. The summed E-state index contributed by atoms with van der Waals surface area (Å²) in [6, 6.07) is 8.32. The van der Waals surface area contributed by atoms with Crippen molar-refractivity contribution in [3.05, 3.63) is 29.8 Å². The maximum absolute atomic E-state index is 9.11. The van der Waals surface area contributed by atoms with E-state index in [1.54, 1.807) is 0 Å². The number of anilines is 1. The van der Waals surface area contributed by atoms with Crippen LogP contribution in [-0.4, -0.2) is 17.3 Å². The van der Waals surface area contributed by atoms with E-state index in [0.717, 1.165) is 30.6 Å². The van der Waals surface area contributed by atoms with E-state index < -0.39 is 0 Å². The zero-order chi connectivity index (χ0) is 9.97. The second-order valence-electron chi connectivity index (χ2n) is 3.90. The summed E-state index contributed by atoms with van der Waals surface area (Å²) in [7, 11) is 0. The summed E-state index contributed by atoms with van der Waals surface area (Å²) in [5.74, 6) is 0. The zero-order valence-corrected chi connectivity index (χ0v) is 8.11. The van der Waals surface area contributed by atoms with E-state index in [4.69, 9.17) is 10.8 Å². The van der Waals surface area contributed by atoms with Gasteiger partial charge in [-0.25, -0.2) is 0 Å². The van der Waals surface area contributed by atoms with Gasteiger partial charge < -0.3 is 16.2 Å². The number of aliphatic hydroxyl groups excluding tert-OH is 1. The van der Waals surface area contributed by atoms with Gasteiger partial charge in [-0.2, -0.15) is 0 Å². The molecule has 1 saturated carbocycles. The number of rotatable bonds is 3. The van der Waals surface area contributed by atoms with Gasteiger partial charge in [0.25, 0.3) is 0 Å². The quantitative estimate of drug-likeness (QED) is 0.623. The van der Waals surface area contributed by atoms with Crippen LogP contribution in [0.15, 0.2) is 24.3 Å². The number of nitrogen functional groups attached to an aromatic ring is 1. The van der Waals surface area contributed by atoms with E-state index in [1.165, 1.54) is 0 Å². The molecule has 0 radical (unpaired) electrons. The first-order valence-electron chi connectivity index (χ1n) is 5.00. The Labute approximate surface area is 83.9 Å². The van der Waals surface area contributed by atoms with Crippen LogP contribution in [0.2, 0.25) is 0 Å². The van der Waals surface area contributed by atoms with Gasteiger partial charge in [0.2, 0.25) is 0 Å². The molecule has 0 heterocycles. The highest BCUT2D eigenvalue weighted by Gasteiger charge is 2.26. The Morgan fingerprint density at radius 2 is 2.07 bits per heavy atom. The molecule has 0 atom stereocenters. The van der Waals surface area contributed by atoms with Crippen molar-refractivity contribution in [1.82, 2.24) is 5.32 Å². The first-order chi connectivity index (χ1) is 6.75. The van der Waals surface area contributed by atoms with Crippen LogP contribution < -0.4 is 11.1 Å². The van der Waals surface area contributed by atoms with Crippen LogP contribution in [0.1, 0.15) is 18.4 Å². The summed E-state index contributed by atoms with van der Waals surface area (Å²) >= 11 is 0. The second kappa shape index (κ2) is 3.98. The normalized spacial score (nSPS) is 25.8. The fourth-order valence-corrected chi connectivity index (χ4v) is 1.70. The fraction of sp³-hybridized carbons (Fsp3) is 0.455. The van der Waals surface area contributed by atoms with Crippen LogP contribution in [-0.2, 0) is 6.54 Å². The van der Waals surface area contributed by atoms with Gasteiger partial charge in [-0.3, -0.25) is 0 Å². The SMILES string of the molecule is Nc1ccccc1CNC1CC(O)C1. The van der Waals surface area contributed by atoms with Gasteiger partial charge in [0, 0.05) is 18.3 Å². The van der Waals surface area contributed by atoms with Crippen LogP contribution in [0.25, 0.3) is 0 Å². The van der Waals surface area contributed by atoms with E-state index in [9.17, 15) is 0 Å². The zero-order valence-electron chi connectivity index (χ0n) is 8.11. The molecule has 0 amide bonds. The Morgan fingerprint density at radius 3 is 2.71 bits per heavy atom. The predicted molar refractivity (Wildman–Crippen MR) is 56.7 cm³/mol. The van der Waals surface area contributed by atoms with Crippen molar-refractivity contribution in [2.75, 3.05) is 5.73 Å². The lowest BCUT2D eigenvalue weighted by atomic mass is 9.89. The highest BCUT2D eigenvalue weighted by molar-refractivity contribution is 5.46. The molecule has 1 aromatic rings. The third kappa shape index (κ3) is 2.05. The monoisotopic (exact) mass is 192 g/mol. The molecule has 1 aromatic carbocycles. The molecule has 0 aromatic heterocycles. The van der Waals surface area contributed by atoms with Crippen molar-refractivity contribution in [2.24, 2.45) is 0 Å². The minimum absolute atomic E-state index is 0.0966. The van der Waals surface area contributed by atoms with Gasteiger partial charge in [0.1, 0.15) is 0 Å². The lowest BCUT2D eigenvalue weighted by Crippen LogP contribution is -2.43. The smallest absolute Gasteiger partial charge is 0.0570 e. The molecule has 14 heavy (non-hydrogen) atoms. The molecular formula is C11H16N2O. The number of hydrogen-bond acceptors (Lipinski definition) is 3. The molecule has 4 N–H and O–H groups in total. The molecule has 0 bridgehead atoms. The van der Waals surface area contributed by atoms with E-state index >= 15 is 0 Å². The maximum Gasteiger partial charge on any atom is 0.0570 e. The topological polar surface area (TPSA) is 58.3 Å². The van der Waals surface area contributed by atoms with Crippen LogP contribution in [0.3, 0.4) is 0 Å². The van der Waals surface area contributed by atoms with Crippen molar-refractivity contribution in [3.8, 4) is 0 Å². The summed E-state index contributed by atoms with van der Waals surface area (Å²) in [5, 5.41) is 12.5. The number of nitrogens with two attached hydrogens (primary N) is 1. The molecule has 0 spiro atoms. The Kier molecular flexibility index (Phi) is 2.70.